The van der Waals surface area contributed by atoms with Crippen molar-refractivity contribution in [1.82, 2.24) is 3.97 Å². The largest absolute Gasteiger partial charge is 0.469 e. The second-order valence-electron chi connectivity index (χ2n) is 9.37. The molecule has 0 amide bonds. The summed E-state index contributed by atoms with van der Waals surface area (Å²) in [4.78, 5) is 17.9. The predicted molar refractivity (Wildman–Crippen MR) is 156 cm³/mol. The number of anilines is 1. The van der Waals surface area contributed by atoms with Gasteiger partial charge in [0.2, 0.25) is 5.00 Å². The summed E-state index contributed by atoms with van der Waals surface area (Å²) in [5, 5.41) is 4.25. The molecule has 196 valence electrons. The molecule has 7 nitrogen and oxygen atoms in total. The Hall–Kier alpha value is -3.91. The van der Waals surface area contributed by atoms with Crippen molar-refractivity contribution >= 4 is 59.6 Å². The number of thiophene rings is 2. The maximum Gasteiger partial charge on any atom is 0.312 e. The lowest BCUT2D eigenvalue weighted by atomic mass is 9.97. The van der Waals surface area contributed by atoms with E-state index in [1.165, 1.54) is 33.8 Å². The number of methoxy groups -OCH3 is 1. The lowest BCUT2D eigenvalue weighted by Crippen LogP contribution is -2.50. The van der Waals surface area contributed by atoms with Gasteiger partial charge in [0.05, 0.1) is 40.4 Å². The number of esters is 1. The first kappa shape index (κ1) is 25.4. The van der Waals surface area contributed by atoms with Crippen molar-refractivity contribution in [2.45, 2.75) is 11.8 Å². The first-order valence-corrected chi connectivity index (χ1v) is 15.4. The molecule has 0 radical (unpaired) electrons. The first-order valence-electron chi connectivity index (χ1n) is 12.2. The van der Waals surface area contributed by atoms with Gasteiger partial charge in [-0.1, -0.05) is 35.9 Å². The zero-order valence-electron chi connectivity index (χ0n) is 21.1. The topological polar surface area (TPSA) is 73.0 Å². The summed E-state index contributed by atoms with van der Waals surface area (Å²) in [7, 11) is -2.60. The minimum absolute atomic E-state index is 0.183. The molecule has 1 fully saturated rings. The molecule has 6 rings (SSSR count). The van der Waals surface area contributed by atoms with Crippen LogP contribution in [0.1, 0.15) is 5.56 Å². The van der Waals surface area contributed by atoms with E-state index in [0.717, 1.165) is 27.1 Å². The number of nitrogens with zero attached hydrogens (tertiary/aromatic N) is 3. The van der Waals surface area contributed by atoms with Gasteiger partial charge in [0.15, 0.2) is 0 Å². The Labute approximate surface area is 234 Å². The maximum atomic E-state index is 14.3. The second-order valence-corrected chi connectivity index (χ2v) is 13.0. The Kier molecular flexibility index (Phi) is 6.30. The van der Waals surface area contributed by atoms with E-state index >= 15 is 0 Å². The fourth-order valence-corrected chi connectivity index (χ4v) is 8.21. The molecule has 1 aliphatic heterocycles. The van der Waals surface area contributed by atoms with Gasteiger partial charge in [-0.15, -0.1) is 11.3 Å². The molecule has 0 bridgehead atoms. The van der Waals surface area contributed by atoms with Gasteiger partial charge in [-0.25, -0.2) is 17.2 Å². The Morgan fingerprint density at radius 2 is 1.79 bits per heavy atom. The minimum Gasteiger partial charge on any atom is -0.469 e. The van der Waals surface area contributed by atoms with Crippen molar-refractivity contribution < 1.29 is 17.9 Å². The molecule has 0 saturated carbocycles. The predicted octanol–water partition coefficient (Wildman–Crippen LogP) is 6.80. The van der Waals surface area contributed by atoms with Crippen molar-refractivity contribution in [1.29, 1.82) is 0 Å². The van der Waals surface area contributed by atoms with Crippen LogP contribution in [0.25, 0.3) is 37.4 Å². The van der Waals surface area contributed by atoms with Crippen LogP contribution in [0.4, 0.5) is 10.7 Å². The number of carbonyl (C=O) groups excluding carboxylic acids is 1. The summed E-state index contributed by atoms with van der Waals surface area (Å²) in [6.07, 6.45) is 0. The van der Waals surface area contributed by atoms with Crippen molar-refractivity contribution in [3.05, 3.63) is 88.4 Å². The van der Waals surface area contributed by atoms with E-state index in [-0.39, 0.29) is 16.8 Å². The Morgan fingerprint density at radius 3 is 2.51 bits per heavy atom. The van der Waals surface area contributed by atoms with Gasteiger partial charge < -0.3 is 9.64 Å². The van der Waals surface area contributed by atoms with Crippen LogP contribution in [0.15, 0.2) is 76.3 Å². The lowest BCUT2D eigenvalue weighted by molar-refractivity contribution is -0.146. The van der Waals surface area contributed by atoms with E-state index in [9.17, 15) is 13.2 Å². The first-order chi connectivity index (χ1) is 18.8. The van der Waals surface area contributed by atoms with E-state index in [1.54, 1.807) is 24.3 Å². The summed E-state index contributed by atoms with van der Waals surface area (Å²) in [5.74, 6) is -0.413. The third kappa shape index (κ3) is 4.14. The van der Waals surface area contributed by atoms with E-state index in [2.05, 4.69) is 9.74 Å². The van der Waals surface area contributed by atoms with Crippen LogP contribution in [0.3, 0.4) is 0 Å². The molecule has 0 unspecified atom stereocenters. The van der Waals surface area contributed by atoms with E-state index in [0.29, 0.717) is 34.9 Å². The van der Waals surface area contributed by atoms with E-state index in [4.69, 9.17) is 11.3 Å². The fraction of sp³-hybridized carbons (Fsp3) is 0.172. The molecule has 0 N–H and O–H groups in total. The quantitative estimate of drug-likeness (QED) is 0.165. The summed E-state index contributed by atoms with van der Waals surface area (Å²) >= 11 is 2.80. The van der Waals surface area contributed by atoms with Crippen LogP contribution in [-0.4, -0.2) is 38.6 Å². The summed E-state index contributed by atoms with van der Waals surface area (Å²) in [6.45, 7) is 10.7. The van der Waals surface area contributed by atoms with Crippen LogP contribution < -0.4 is 4.90 Å². The Balaban J connectivity index is 1.59. The molecular formula is C29H23N3O4S3. The average molecular weight is 574 g/mol. The highest BCUT2D eigenvalue weighted by Gasteiger charge is 2.35. The van der Waals surface area contributed by atoms with Crippen molar-refractivity contribution in [3.63, 3.8) is 0 Å². The van der Waals surface area contributed by atoms with Gasteiger partial charge in [0, 0.05) is 35.5 Å². The van der Waals surface area contributed by atoms with Crippen LogP contribution >= 0.6 is 22.7 Å². The van der Waals surface area contributed by atoms with Gasteiger partial charge in [-0.2, -0.15) is 11.3 Å². The minimum atomic E-state index is -3.99. The smallest absolute Gasteiger partial charge is 0.312 e. The number of hydrogen-bond acceptors (Lipinski definition) is 7. The van der Waals surface area contributed by atoms with Crippen molar-refractivity contribution in [2.24, 2.45) is 5.92 Å². The summed E-state index contributed by atoms with van der Waals surface area (Å²) in [6, 6.07) is 18.3. The van der Waals surface area contributed by atoms with Gasteiger partial charge in [-0.05, 0) is 48.0 Å². The number of benzene rings is 2. The molecule has 3 aromatic heterocycles. The lowest BCUT2D eigenvalue weighted by Gasteiger charge is -2.39. The Bertz CT molecular complexity index is 1870. The van der Waals surface area contributed by atoms with Crippen molar-refractivity contribution in [2.75, 3.05) is 25.1 Å². The molecule has 2 aromatic carbocycles. The van der Waals surface area contributed by atoms with Gasteiger partial charge in [0.1, 0.15) is 0 Å². The van der Waals surface area contributed by atoms with E-state index < -0.39 is 10.0 Å². The highest BCUT2D eigenvalue weighted by atomic mass is 32.2. The van der Waals surface area contributed by atoms with Crippen molar-refractivity contribution in [3.8, 4) is 22.4 Å². The highest BCUT2D eigenvalue weighted by Crippen LogP contribution is 2.49. The van der Waals surface area contributed by atoms with Crippen LogP contribution in [0.2, 0.25) is 0 Å². The number of rotatable bonds is 6. The maximum absolute atomic E-state index is 14.3. The molecule has 0 aliphatic carbocycles. The van der Waals surface area contributed by atoms with E-state index in [1.807, 2.05) is 54.1 Å². The second kappa shape index (κ2) is 9.68. The molecule has 5 aromatic rings. The molecule has 0 atom stereocenters. The molecule has 39 heavy (non-hydrogen) atoms. The number of hydrogen-bond donors (Lipinski definition) is 0. The zero-order valence-corrected chi connectivity index (χ0v) is 23.6. The third-order valence-electron chi connectivity index (χ3n) is 7.01. The number of aryl methyl sites for hydroxylation is 1. The average Bonchev–Trinajstić information content (AvgIpc) is 3.63. The third-order valence-corrected chi connectivity index (χ3v) is 10.5. The number of ether oxygens (including phenoxy) is 1. The molecule has 0 spiro atoms. The molecular weight excluding hydrogens is 551 g/mol. The van der Waals surface area contributed by atoms with Gasteiger partial charge in [-0.3, -0.25) is 4.79 Å². The monoisotopic (exact) mass is 573 g/mol. The molecule has 1 aliphatic rings. The standard InChI is InChI=1S/C29H23N3O4S3/c1-18-7-9-22(10-8-18)39(34,35)32-24-12-14-37-27(24)25(23-11-13-38-28(23)30-2)26(32)19-5-4-6-21(15-19)31-16-20(17-31)29(33)36-3/h4-15,20H,16-17H2,1,3H3. The number of aromatic nitrogens is 1. The Morgan fingerprint density at radius 1 is 1.05 bits per heavy atom. The zero-order chi connectivity index (χ0) is 27.3. The van der Waals surface area contributed by atoms with Crippen LogP contribution in [0, 0.1) is 19.4 Å². The van der Waals surface area contributed by atoms with Gasteiger partial charge in [0.25, 0.3) is 10.0 Å². The van der Waals surface area contributed by atoms with Crippen LogP contribution in [0.5, 0.6) is 0 Å². The van der Waals surface area contributed by atoms with Gasteiger partial charge >= 0.3 is 5.97 Å². The highest BCUT2D eigenvalue weighted by molar-refractivity contribution is 7.90. The SMILES string of the molecule is [C-]#[N+]c1sccc1-c1c(-c2cccc(N3CC(C(=O)OC)C3)c2)n(S(=O)(=O)c2ccc(C)cc2)c2ccsc12. The normalized spacial score (nSPS) is 13.8. The molecule has 10 heteroatoms. The molecule has 1 saturated heterocycles. The summed E-state index contributed by atoms with van der Waals surface area (Å²) in [5.41, 5.74) is 5.12. The van der Waals surface area contributed by atoms with Crippen LogP contribution in [-0.2, 0) is 19.6 Å². The summed E-state index contributed by atoms with van der Waals surface area (Å²) < 4.78 is 35.7. The number of carbonyl (C=O) groups is 1. The number of fused-ring (bicyclic) bond motifs is 1. The fourth-order valence-electron chi connectivity index (χ4n) is 4.99. The molecule has 4 heterocycles.